The van der Waals surface area contributed by atoms with Gasteiger partial charge in [-0.1, -0.05) is 18.5 Å². The summed E-state index contributed by atoms with van der Waals surface area (Å²) in [5.41, 5.74) is 12.6. The van der Waals surface area contributed by atoms with Crippen LogP contribution >= 0.6 is 11.6 Å². The average Bonchev–Trinajstić information content (AvgIpc) is 2.48. The van der Waals surface area contributed by atoms with Gasteiger partial charge in [-0.15, -0.1) is 0 Å². The molecule has 0 amide bonds. The number of halogens is 1. The van der Waals surface area contributed by atoms with E-state index in [2.05, 4.69) is 6.92 Å². The molecule has 1 atom stereocenters. The maximum absolute atomic E-state index is 6.41. The number of hydrogen-bond acceptors (Lipinski definition) is 4. The van der Waals surface area contributed by atoms with E-state index in [1.54, 1.807) is 0 Å². The molecule has 1 heterocycles. The van der Waals surface area contributed by atoms with E-state index in [1.165, 1.54) is 0 Å². The van der Waals surface area contributed by atoms with Crippen LogP contribution in [0, 0.1) is 5.92 Å². The molecule has 20 heavy (non-hydrogen) atoms. The Hall–Kier alpha value is -0.970. The van der Waals surface area contributed by atoms with Crippen molar-refractivity contribution in [2.24, 2.45) is 17.4 Å². The fraction of sp³-hybridized carbons (Fsp3) is 0.600. The van der Waals surface area contributed by atoms with Gasteiger partial charge < -0.3 is 20.9 Å². The second-order valence-electron chi connectivity index (χ2n) is 5.20. The SMILES string of the molecule is CCC(CC(CN)CN)c1cc2c(cc1Cl)OCCO2. The van der Waals surface area contributed by atoms with Crippen LogP contribution in [-0.2, 0) is 0 Å². The molecule has 0 saturated carbocycles. The lowest BCUT2D eigenvalue weighted by Crippen LogP contribution is -2.25. The highest BCUT2D eigenvalue weighted by molar-refractivity contribution is 6.31. The summed E-state index contributed by atoms with van der Waals surface area (Å²) >= 11 is 6.41. The molecule has 4 nitrogen and oxygen atoms in total. The van der Waals surface area contributed by atoms with E-state index >= 15 is 0 Å². The molecule has 112 valence electrons. The molecule has 1 unspecified atom stereocenters. The minimum atomic E-state index is 0.323. The summed E-state index contributed by atoms with van der Waals surface area (Å²) < 4.78 is 11.2. The topological polar surface area (TPSA) is 70.5 Å². The second kappa shape index (κ2) is 7.16. The van der Waals surface area contributed by atoms with Crippen molar-refractivity contribution in [1.29, 1.82) is 0 Å². The summed E-state index contributed by atoms with van der Waals surface area (Å²) in [6.45, 7) is 4.52. The highest BCUT2D eigenvalue weighted by Gasteiger charge is 2.21. The molecule has 5 heteroatoms. The van der Waals surface area contributed by atoms with Crippen LogP contribution in [0.2, 0.25) is 5.02 Å². The molecular weight excluding hydrogens is 276 g/mol. The van der Waals surface area contributed by atoms with E-state index in [-0.39, 0.29) is 0 Å². The number of rotatable bonds is 6. The first-order valence-electron chi connectivity index (χ1n) is 7.18. The minimum Gasteiger partial charge on any atom is -0.486 e. The van der Waals surface area contributed by atoms with Crippen LogP contribution in [-0.4, -0.2) is 26.3 Å². The quantitative estimate of drug-likeness (QED) is 0.846. The van der Waals surface area contributed by atoms with Crippen LogP contribution in [0.3, 0.4) is 0 Å². The maximum atomic E-state index is 6.41. The van der Waals surface area contributed by atoms with Crippen molar-refractivity contribution in [2.45, 2.75) is 25.7 Å². The van der Waals surface area contributed by atoms with Gasteiger partial charge in [0.1, 0.15) is 13.2 Å². The number of fused-ring (bicyclic) bond motifs is 1. The van der Waals surface area contributed by atoms with Crippen molar-refractivity contribution in [3.8, 4) is 11.5 Å². The Labute approximate surface area is 125 Å². The van der Waals surface area contributed by atoms with Gasteiger partial charge in [0.25, 0.3) is 0 Å². The molecule has 1 aromatic carbocycles. The predicted molar refractivity (Wildman–Crippen MR) is 81.7 cm³/mol. The Morgan fingerprint density at radius 2 is 1.75 bits per heavy atom. The molecule has 1 aliphatic rings. The third-order valence-corrected chi connectivity index (χ3v) is 4.21. The van der Waals surface area contributed by atoms with Crippen molar-refractivity contribution in [2.75, 3.05) is 26.3 Å². The zero-order valence-electron chi connectivity index (χ0n) is 11.9. The largest absolute Gasteiger partial charge is 0.486 e. The molecule has 0 fully saturated rings. The van der Waals surface area contributed by atoms with Crippen molar-refractivity contribution in [1.82, 2.24) is 0 Å². The van der Waals surface area contributed by atoms with Crippen LogP contribution in [0.1, 0.15) is 31.2 Å². The standard InChI is InChI=1S/C15H23ClN2O2/c1-2-11(5-10(8-17)9-18)12-6-14-15(7-13(12)16)20-4-3-19-14/h6-7,10-11H,2-5,8-9,17-18H2,1H3. The average molecular weight is 299 g/mol. The van der Waals surface area contributed by atoms with Gasteiger partial charge in [0.2, 0.25) is 0 Å². The summed E-state index contributed by atoms with van der Waals surface area (Å²) in [4.78, 5) is 0. The van der Waals surface area contributed by atoms with Crippen LogP contribution < -0.4 is 20.9 Å². The molecule has 4 N–H and O–H groups in total. The summed E-state index contributed by atoms with van der Waals surface area (Å²) in [6.07, 6.45) is 1.94. The first-order valence-corrected chi connectivity index (χ1v) is 7.56. The van der Waals surface area contributed by atoms with Gasteiger partial charge in [0.05, 0.1) is 0 Å². The van der Waals surface area contributed by atoms with E-state index in [4.69, 9.17) is 32.5 Å². The Morgan fingerprint density at radius 1 is 1.15 bits per heavy atom. The van der Waals surface area contributed by atoms with E-state index < -0.39 is 0 Å². The van der Waals surface area contributed by atoms with Crippen molar-refractivity contribution < 1.29 is 9.47 Å². The Morgan fingerprint density at radius 3 is 2.30 bits per heavy atom. The van der Waals surface area contributed by atoms with Gasteiger partial charge in [-0.25, -0.2) is 0 Å². The number of hydrogen-bond donors (Lipinski definition) is 2. The van der Waals surface area contributed by atoms with Crippen LogP contribution in [0.4, 0.5) is 0 Å². The molecule has 0 aliphatic carbocycles. The summed E-state index contributed by atoms with van der Waals surface area (Å²) in [5, 5.41) is 0.730. The van der Waals surface area contributed by atoms with Crippen molar-refractivity contribution in [3.05, 3.63) is 22.7 Å². The van der Waals surface area contributed by atoms with Gasteiger partial charge in [0.15, 0.2) is 11.5 Å². The lowest BCUT2D eigenvalue weighted by Gasteiger charge is -2.25. The van der Waals surface area contributed by atoms with Crippen LogP contribution in [0.5, 0.6) is 11.5 Å². The second-order valence-corrected chi connectivity index (χ2v) is 5.60. The minimum absolute atomic E-state index is 0.323. The molecule has 1 aliphatic heterocycles. The Bertz CT molecular complexity index is 450. The predicted octanol–water partition coefficient (Wildman–Crippen LogP) is 2.53. The molecule has 0 bridgehead atoms. The number of benzene rings is 1. The molecule has 1 aromatic rings. The van der Waals surface area contributed by atoms with Gasteiger partial charge in [0, 0.05) is 11.1 Å². The van der Waals surface area contributed by atoms with E-state index in [1.807, 2.05) is 12.1 Å². The Kier molecular flexibility index (Phi) is 5.52. The molecule has 0 aromatic heterocycles. The highest BCUT2D eigenvalue weighted by atomic mass is 35.5. The fourth-order valence-electron chi connectivity index (χ4n) is 2.60. The summed E-state index contributed by atoms with van der Waals surface area (Å²) in [6, 6.07) is 3.86. The first-order chi connectivity index (χ1) is 9.69. The smallest absolute Gasteiger partial charge is 0.162 e. The lowest BCUT2D eigenvalue weighted by molar-refractivity contribution is 0.171. The van der Waals surface area contributed by atoms with Crippen LogP contribution in [0.25, 0.3) is 0 Å². The zero-order chi connectivity index (χ0) is 14.5. The maximum Gasteiger partial charge on any atom is 0.162 e. The van der Waals surface area contributed by atoms with Gasteiger partial charge in [-0.2, -0.15) is 0 Å². The number of ether oxygens (including phenoxy) is 2. The van der Waals surface area contributed by atoms with Crippen molar-refractivity contribution in [3.63, 3.8) is 0 Å². The monoisotopic (exact) mass is 298 g/mol. The number of nitrogens with two attached hydrogens (primary N) is 2. The molecular formula is C15H23ClN2O2. The normalized spacial score (nSPS) is 15.4. The van der Waals surface area contributed by atoms with Gasteiger partial charge >= 0.3 is 0 Å². The van der Waals surface area contributed by atoms with E-state index in [9.17, 15) is 0 Å². The molecule has 0 spiro atoms. The fourth-order valence-corrected chi connectivity index (χ4v) is 2.91. The summed E-state index contributed by atoms with van der Waals surface area (Å²) in [7, 11) is 0. The van der Waals surface area contributed by atoms with E-state index in [0.717, 1.165) is 34.9 Å². The van der Waals surface area contributed by atoms with Gasteiger partial charge in [-0.3, -0.25) is 0 Å². The third-order valence-electron chi connectivity index (χ3n) is 3.88. The highest BCUT2D eigenvalue weighted by Crippen LogP contribution is 2.40. The lowest BCUT2D eigenvalue weighted by atomic mass is 9.86. The first kappa shape index (κ1) is 15.4. The molecule has 0 saturated heterocycles. The van der Waals surface area contributed by atoms with Gasteiger partial charge in [-0.05, 0) is 49.4 Å². The molecule has 0 radical (unpaired) electrons. The van der Waals surface area contributed by atoms with Crippen molar-refractivity contribution >= 4 is 11.6 Å². The van der Waals surface area contributed by atoms with E-state index in [0.29, 0.717) is 38.1 Å². The molecule has 2 rings (SSSR count). The van der Waals surface area contributed by atoms with Crippen LogP contribution in [0.15, 0.2) is 12.1 Å². The summed E-state index contributed by atoms with van der Waals surface area (Å²) in [5.74, 6) is 2.18. The zero-order valence-corrected chi connectivity index (χ0v) is 12.7. The third kappa shape index (κ3) is 3.37. The Balaban J connectivity index is 2.24.